The monoisotopic (exact) mass is 232 g/mol. The van der Waals surface area contributed by atoms with E-state index < -0.39 is 0 Å². The van der Waals surface area contributed by atoms with E-state index in [2.05, 4.69) is 72.9 Å². The van der Waals surface area contributed by atoms with Gasteiger partial charge < -0.3 is 0 Å². The van der Waals surface area contributed by atoms with Crippen molar-refractivity contribution < 1.29 is 0 Å². The fourth-order valence-electron chi connectivity index (χ4n) is 2.31. The van der Waals surface area contributed by atoms with Gasteiger partial charge in [-0.2, -0.15) is 0 Å². The molecule has 18 heavy (non-hydrogen) atoms. The molecule has 88 valence electrons. The predicted molar refractivity (Wildman–Crippen MR) is 78.1 cm³/mol. The summed E-state index contributed by atoms with van der Waals surface area (Å²) in [5.41, 5.74) is 5.45. The smallest absolute Gasteiger partial charge is 0.00258 e. The molecule has 3 aliphatic rings. The molecule has 0 atom stereocenters. The van der Waals surface area contributed by atoms with Crippen molar-refractivity contribution in [1.29, 1.82) is 0 Å². The van der Waals surface area contributed by atoms with Gasteiger partial charge in [0, 0.05) is 0 Å². The number of rotatable bonds is 0. The number of fused-ring (bicyclic) bond motifs is 4. The second kappa shape index (κ2) is 5.05. The maximum atomic E-state index is 2.24. The maximum Gasteiger partial charge on any atom is -0.00258 e. The van der Waals surface area contributed by atoms with Crippen LogP contribution in [0.5, 0.6) is 0 Å². The van der Waals surface area contributed by atoms with Crippen molar-refractivity contribution in [2.45, 2.75) is 12.8 Å². The Hall–Kier alpha value is -2.08. The van der Waals surface area contributed by atoms with Gasteiger partial charge in [0.05, 0.1) is 0 Å². The van der Waals surface area contributed by atoms with Crippen LogP contribution >= 0.6 is 0 Å². The largest absolute Gasteiger partial charge is 0.0620 e. The standard InChI is InChI=1S/C18H16/c1-2-6-16-11-12-18-8-4-3-7-17(14-18)10-9-15(5-1)13-16/h1-12H,13-14H2/b10-9?,12-11?,15-9-,16-11-,17-10-,18-12-. The topological polar surface area (TPSA) is 0 Å². The molecule has 3 rings (SSSR count). The molecule has 0 unspecified atom stereocenters. The molecule has 4 bridgehead atoms. The summed E-state index contributed by atoms with van der Waals surface area (Å²) in [6.07, 6.45) is 28.2. The molecule has 0 aromatic carbocycles. The average Bonchev–Trinajstić information content (AvgIpc) is 2.73. The summed E-state index contributed by atoms with van der Waals surface area (Å²) in [6, 6.07) is 0. The molecular weight excluding hydrogens is 216 g/mol. The third kappa shape index (κ3) is 2.60. The van der Waals surface area contributed by atoms with E-state index in [1.54, 1.807) is 0 Å². The minimum atomic E-state index is 1.01. The van der Waals surface area contributed by atoms with Crippen molar-refractivity contribution >= 4 is 0 Å². The van der Waals surface area contributed by atoms with Crippen molar-refractivity contribution in [2.75, 3.05) is 0 Å². The molecule has 0 saturated carbocycles. The van der Waals surface area contributed by atoms with Gasteiger partial charge in [0.25, 0.3) is 0 Å². The van der Waals surface area contributed by atoms with Crippen LogP contribution in [0, 0.1) is 0 Å². The Morgan fingerprint density at radius 2 is 0.722 bits per heavy atom. The fourth-order valence-corrected chi connectivity index (χ4v) is 2.31. The first kappa shape index (κ1) is 11.0. The van der Waals surface area contributed by atoms with Crippen molar-refractivity contribution in [1.82, 2.24) is 0 Å². The quantitative estimate of drug-likeness (QED) is 0.566. The molecule has 0 nitrogen and oxygen atoms in total. The summed E-state index contributed by atoms with van der Waals surface area (Å²) in [7, 11) is 0. The Bertz CT molecular complexity index is 476. The highest BCUT2D eigenvalue weighted by Gasteiger charge is 2.04. The second-order valence-electron chi connectivity index (χ2n) is 4.76. The van der Waals surface area contributed by atoms with Crippen LogP contribution in [-0.4, -0.2) is 0 Å². The molecule has 0 aromatic rings. The van der Waals surface area contributed by atoms with Crippen LogP contribution in [0.4, 0.5) is 0 Å². The van der Waals surface area contributed by atoms with Gasteiger partial charge in [-0.25, -0.2) is 0 Å². The van der Waals surface area contributed by atoms with Gasteiger partial charge in [-0.15, -0.1) is 0 Å². The first-order valence-corrected chi connectivity index (χ1v) is 6.39. The summed E-state index contributed by atoms with van der Waals surface area (Å²) in [6.45, 7) is 0. The molecule has 3 aliphatic carbocycles. The highest BCUT2D eigenvalue weighted by atomic mass is 14.1. The van der Waals surface area contributed by atoms with Crippen LogP contribution in [0.15, 0.2) is 95.2 Å². The van der Waals surface area contributed by atoms with Crippen molar-refractivity contribution in [2.24, 2.45) is 0 Å². The van der Waals surface area contributed by atoms with E-state index in [9.17, 15) is 0 Å². The molecule has 0 N–H and O–H groups in total. The van der Waals surface area contributed by atoms with Gasteiger partial charge in [0.1, 0.15) is 0 Å². The summed E-state index contributed by atoms with van der Waals surface area (Å²) in [5, 5.41) is 0. The highest BCUT2D eigenvalue weighted by molar-refractivity contribution is 5.46. The molecule has 0 aromatic heterocycles. The van der Waals surface area contributed by atoms with Crippen molar-refractivity contribution in [3.8, 4) is 0 Å². The normalized spacial score (nSPS) is 32.9. The SMILES string of the molecule is C1=C/C2=C/C=C3/C=CC=C/C(=C/C=C(/C=C1)C2)C3. The van der Waals surface area contributed by atoms with Crippen molar-refractivity contribution in [3.63, 3.8) is 0 Å². The van der Waals surface area contributed by atoms with E-state index in [1.165, 1.54) is 22.3 Å². The predicted octanol–water partition coefficient (Wildman–Crippen LogP) is 4.74. The Labute approximate surface area is 108 Å². The Morgan fingerprint density at radius 1 is 0.444 bits per heavy atom. The fraction of sp³-hybridized carbons (Fsp3) is 0.111. The van der Waals surface area contributed by atoms with E-state index in [4.69, 9.17) is 0 Å². The lowest BCUT2D eigenvalue weighted by Gasteiger charge is -2.06. The number of hydrogen-bond acceptors (Lipinski definition) is 0. The molecule has 0 radical (unpaired) electrons. The Kier molecular flexibility index (Phi) is 3.10. The van der Waals surface area contributed by atoms with E-state index >= 15 is 0 Å². The van der Waals surface area contributed by atoms with Gasteiger partial charge in [-0.05, 0) is 35.1 Å². The highest BCUT2D eigenvalue weighted by Crippen LogP contribution is 2.23. The zero-order chi connectivity index (χ0) is 12.2. The number of hydrogen-bond donors (Lipinski definition) is 0. The van der Waals surface area contributed by atoms with E-state index in [-0.39, 0.29) is 0 Å². The van der Waals surface area contributed by atoms with Gasteiger partial charge in [-0.1, -0.05) is 72.9 Å². The first-order valence-electron chi connectivity index (χ1n) is 6.39. The van der Waals surface area contributed by atoms with Gasteiger partial charge in [0.15, 0.2) is 0 Å². The van der Waals surface area contributed by atoms with Crippen molar-refractivity contribution in [3.05, 3.63) is 95.2 Å². The van der Waals surface area contributed by atoms with E-state index in [0.29, 0.717) is 0 Å². The van der Waals surface area contributed by atoms with Crippen LogP contribution in [0.3, 0.4) is 0 Å². The zero-order valence-corrected chi connectivity index (χ0v) is 10.3. The summed E-state index contributed by atoms with van der Waals surface area (Å²) in [4.78, 5) is 0. The van der Waals surface area contributed by atoms with Crippen LogP contribution in [-0.2, 0) is 0 Å². The molecule has 0 saturated heterocycles. The summed E-state index contributed by atoms with van der Waals surface area (Å²) in [5.74, 6) is 0. The number of allylic oxidation sites excluding steroid dienone is 16. The van der Waals surface area contributed by atoms with Crippen LogP contribution in [0.1, 0.15) is 12.8 Å². The molecule has 0 fully saturated rings. The van der Waals surface area contributed by atoms with Gasteiger partial charge >= 0.3 is 0 Å². The first-order chi connectivity index (χ1) is 8.90. The molecule has 0 heterocycles. The van der Waals surface area contributed by atoms with Gasteiger partial charge in [0.2, 0.25) is 0 Å². The lowest BCUT2D eigenvalue weighted by atomic mass is 9.99. The van der Waals surface area contributed by atoms with Crippen LogP contribution in [0.25, 0.3) is 0 Å². The molecular formula is C18H16. The minimum absolute atomic E-state index is 1.01. The maximum absolute atomic E-state index is 2.24. The molecule has 0 heteroatoms. The molecule has 0 aliphatic heterocycles. The third-order valence-electron chi connectivity index (χ3n) is 3.30. The van der Waals surface area contributed by atoms with Crippen LogP contribution < -0.4 is 0 Å². The van der Waals surface area contributed by atoms with E-state index in [1.807, 2.05) is 0 Å². The minimum Gasteiger partial charge on any atom is -0.0620 e. The lowest BCUT2D eigenvalue weighted by Crippen LogP contribution is -1.87. The Morgan fingerprint density at radius 3 is 1.00 bits per heavy atom. The molecule has 0 spiro atoms. The molecule has 0 amide bonds. The Balaban J connectivity index is 2.09. The summed E-state index contributed by atoms with van der Waals surface area (Å²) >= 11 is 0. The van der Waals surface area contributed by atoms with Gasteiger partial charge in [-0.3, -0.25) is 0 Å². The van der Waals surface area contributed by atoms with E-state index in [0.717, 1.165) is 12.8 Å². The zero-order valence-electron chi connectivity index (χ0n) is 10.3. The average molecular weight is 232 g/mol. The summed E-state index contributed by atoms with van der Waals surface area (Å²) < 4.78 is 0. The van der Waals surface area contributed by atoms with Crippen LogP contribution in [0.2, 0.25) is 0 Å². The lowest BCUT2D eigenvalue weighted by molar-refractivity contribution is 1.18. The third-order valence-corrected chi connectivity index (χ3v) is 3.30. The second-order valence-corrected chi connectivity index (χ2v) is 4.76.